The van der Waals surface area contributed by atoms with Crippen molar-refractivity contribution >= 4 is 56.6 Å². The lowest BCUT2D eigenvalue weighted by Crippen LogP contribution is -2.45. The monoisotopic (exact) mass is 758 g/mol. The van der Waals surface area contributed by atoms with Crippen molar-refractivity contribution in [2.45, 2.75) is 69.6 Å². The summed E-state index contributed by atoms with van der Waals surface area (Å²) in [6, 6.07) is 17.9. The standard InChI is InChI=1S/C42H37Cl2FN8O/c1-21-30-16-34(40-25-12-28(52(40)42(54)22-7-8-22)20-51(19-25)27-9-11-48-26(15-27)17-47)53(39-24-14-33(39)49-18-24)41(30)31-13-23(4-3-10-46)35(37(45)38(31)50-21)29-5-2-6-32(43)36(29)44/h2,5-6,9,11,13,15-16,22,24-25,28,33,39-40,49H,3-4,7-8,12,14,18-20H2,1H3/t24-,25+,28-,33-,39+,40-/m1/s1. The molecule has 12 heteroatoms. The van der Waals surface area contributed by atoms with Crippen LogP contribution in [0.1, 0.15) is 66.8 Å². The smallest absolute Gasteiger partial charge is 0.226 e. The summed E-state index contributed by atoms with van der Waals surface area (Å²) in [6.07, 6.45) is 6.00. The second kappa shape index (κ2) is 12.7. The molecule has 4 aliphatic heterocycles. The number of hydrogen-bond acceptors (Lipinski definition) is 7. The molecule has 6 aliphatic rings. The van der Waals surface area contributed by atoms with Gasteiger partial charge < -0.3 is 19.7 Å². The predicted molar refractivity (Wildman–Crippen MR) is 206 cm³/mol. The number of halogens is 3. The number of nitrogens with zero attached hydrogens (tertiary/aromatic N) is 7. The van der Waals surface area contributed by atoms with Gasteiger partial charge in [0.1, 0.15) is 17.3 Å². The second-order valence-electron chi connectivity index (χ2n) is 15.8. The van der Waals surface area contributed by atoms with Crippen LogP contribution in [0.15, 0.2) is 48.7 Å². The van der Waals surface area contributed by atoms with Gasteiger partial charge in [0, 0.05) is 89.1 Å². The molecule has 0 unspecified atom stereocenters. The summed E-state index contributed by atoms with van der Waals surface area (Å²) >= 11 is 13.2. The van der Waals surface area contributed by atoms with Crippen molar-refractivity contribution in [2.75, 3.05) is 24.5 Å². The Bertz CT molecular complexity index is 2490. The maximum Gasteiger partial charge on any atom is 0.226 e. The van der Waals surface area contributed by atoms with Crippen LogP contribution in [0.25, 0.3) is 32.9 Å². The summed E-state index contributed by atoms with van der Waals surface area (Å²) in [4.78, 5) is 28.1. The summed E-state index contributed by atoms with van der Waals surface area (Å²) < 4.78 is 19.8. The van der Waals surface area contributed by atoms with Crippen LogP contribution in [0.2, 0.25) is 10.0 Å². The maximum atomic E-state index is 17.3. The first kappa shape index (κ1) is 33.8. The molecule has 5 aromatic rings. The summed E-state index contributed by atoms with van der Waals surface area (Å²) in [5, 5.41) is 25.2. The van der Waals surface area contributed by atoms with Crippen molar-refractivity contribution in [2.24, 2.45) is 17.8 Å². The molecule has 9 nitrogen and oxygen atoms in total. The molecular formula is C42H37Cl2FN8O. The van der Waals surface area contributed by atoms with E-state index in [0.717, 1.165) is 61.1 Å². The Kier molecular flexibility index (Phi) is 7.93. The normalized spacial score (nSPS) is 25.6. The van der Waals surface area contributed by atoms with Gasteiger partial charge in [-0.2, -0.15) is 10.5 Å². The third kappa shape index (κ3) is 5.07. The van der Waals surface area contributed by atoms with Gasteiger partial charge in [-0.05, 0) is 80.8 Å². The van der Waals surface area contributed by atoms with Gasteiger partial charge in [0.25, 0.3) is 0 Å². The topological polar surface area (TPSA) is 114 Å². The molecule has 6 fully saturated rings. The summed E-state index contributed by atoms with van der Waals surface area (Å²) in [5.41, 5.74) is 5.77. The number of amides is 1. The van der Waals surface area contributed by atoms with Crippen molar-refractivity contribution in [3.8, 4) is 23.3 Å². The zero-order chi connectivity index (χ0) is 37.0. The third-order valence-corrected chi connectivity index (χ3v) is 13.6. The molecule has 0 spiro atoms. The summed E-state index contributed by atoms with van der Waals surface area (Å²) in [6.45, 7) is 4.27. The van der Waals surface area contributed by atoms with Crippen LogP contribution in [0.3, 0.4) is 0 Å². The molecule has 1 N–H and O–H groups in total. The number of fused-ring (bicyclic) bond motifs is 6. The van der Waals surface area contributed by atoms with Crippen LogP contribution in [0.5, 0.6) is 0 Å². The van der Waals surface area contributed by atoms with E-state index >= 15 is 4.39 Å². The summed E-state index contributed by atoms with van der Waals surface area (Å²) in [5.74, 6) is 0.333. The van der Waals surface area contributed by atoms with Crippen molar-refractivity contribution in [3.05, 3.63) is 87.2 Å². The Labute approximate surface area is 322 Å². The number of nitrogens with one attached hydrogen (secondary N) is 1. The van der Waals surface area contributed by atoms with E-state index in [1.807, 2.05) is 25.1 Å². The van der Waals surface area contributed by atoms with Crippen molar-refractivity contribution in [1.82, 2.24) is 24.8 Å². The second-order valence-corrected chi connectivity index (χ2v) is 16.6. The predicted octanol–water partition coefficient (Wildman–Crippen LogP) is 8.05. The number of likely N-dealkylation sites (tertiary alicyclic amines) is 1. The van der Waals surface area contributed by atoms with Crippen molar-refractivity contribution in [1.29, 1.82) is 10.5 Å². The molecule has 2 aliphatic carbocycles. The first-order valence-corrected chi connectivity index (χ1v) is 19.7. The van der Waals surface area contributed by atoms with Crippen molar-refractivity contribution in [3.63, 3.8) is 0 Å². The van der Waals surface area contributed by atoms with Gasteiger partial charge in [0.2, 0.25) is 5.91 Å². The number of carbonyl (C=O) groups is 1. The van der Waals surface area contributed by atoms with Gasteiger partial charge in [-0.15, -0.1) is 0 Å². The van der Waals surface area contributed by atoms with Crippen LogP contribution in [0, 0.1) is 53.2 Å². The Morgan fingerprint density at radius 2 is 1.93 bits per heavy atom. The SMILES string of the molecule is Cc1nc2c(F)c(-c3cccc(Cl)c3Cl)c(CCC#N)cc2c2c1cc([C@H]1[C@H]3C[C@H](CN(c4ccnc(C#N)c4)C3)N1C(=O)C1CC1)n2[C@H]1[C@H]2CN[C@@H]1C2. The number of rotatable bonds is 7. The Morgan fingerprint density at radius 1 is 1.07 bits per heavy atom. The molecule has 7 heterocycles. The number of benzene rings is 2. The quantitative estimate of drug-likeness (QED) is 0.179. The molecule has 4 bridgehead atoms. The average molecular weight is 760 g/mol. The molecule has 272 valence electrons. The van der Waals surface area contributed by atoms with Gasteiger partial charge >= 0.3 is 0 Å². The molecule has 3 aromatic heterocycles. The zero-order valence-corrected chi connectivity index (χ0v) is 31.2. The fourth-order valence-electron chi connectivity index (χ4n) is 10.2. The van der Waals surface area contributed by atoms with Gasteiger partial charge in [0.05, 0.1) is 39.8 Å². The van der Waals surface area contributed by atoms with Crippen LogP contribution < -0.4 is 10.2 Å². The lowest BCUT2D eigenvalue weighted by atomic mass is 9.79. The molecule has 4 saturated heterocycles. The summed E-state index contributed by atoms with van der Waals surface area (Å²) in [7, 11) is 0. The molecule has 2 aromatic carbocycles. The molecule has 1 amide bonds. The number of aryl methyl sites for hydroxylation is 2. The average Bonchev–Trinajstić information content (AvgIpc) is 3.46. The number of hydrogen-bond donors (Lipinski definition) is 1. The Morgan fingerprint density at radius 3 is 2.67 bits per heavy atom. The lowest BCUT2D eigenvalue weighted by Gasteiger charge is -2.40. The van der Waals surface area contributed by atoms with E-state index in [0.29, 0.717) is 57.4 Å². The van der Waals surface area contributed by atoms with Crippen LogP contribution in [-0.2, 0) is 11.2 Å². The minimum absolute atomic E-state index is 0.0132. The van der Waals surface area contributed by atoms with E-state index in [9.17, 15) is 15.3 Å². The first-order chi connectivity index (χ1) is 26.2. The minimum Gasteiger partial charge on any atom is -0.369 e. The van der Waals surface area contributed by atoms with Gasteiger partial charge in [-0.1, -0.05) is 35.3 Å². The number of pyridine rings is 2. The number of aromatic nitrogens is 3. The highest BCUT2D eigenvalue weighted by Crippen LogP contribution is 2.54. The fraction of sp³-hybridized carbons (Fsp3) is 0.405. The van der Waals surface area contributed by atoms with Gasteiger partial charge in [0.15, 0.2) is 5.82 Å². The fourth-order valence-corrected chi connectivity index (χ4v) is 10.6. The number of carbonyl (C=O) groups excluding carboxylic acids is 1. The van der Waals surface area contributed by atoms with E-state index < -0.39 is 5.82 Å². The van der Waals surface area contributed by atoms with E-state index in [1.54, 1.807) is 24.4 Å². The molecule has 6 atom stereocenters. The highest BCUT2D eigenvalue weighted by atomic mass is 35.5. The van der Waals surface area contributed by atoms with E-state index in [2.05, 4.69) is 42.9 Å². The van der Waals surface area contributed by atoms with Crippen LogP contribution in [-0.4, -0.2) is 57.1 Å². The third-order valence-electron chi connectivity index (χ3n) is 12.7. The molecule has 2 saturated carbocycles. The van der Waals surface area contributed by atoms with E-state index in [-0.39, 0.29) is 58.9 Å². The molecular weight excluding hydrogens is 722 g/mol. The lowest BCUT2D eigenvalue weighted by molar-refractivity contribution is -0.135. The van der Waals surface area contributed by atoms with Crippen LogP contribution >= 0.6 is 23.2 Å². The molecule has 0 radical (unpaired) electrons. The number of nitriles is 2. The maximum absolute atomic E-state index is 17.3. The van der Waals surface area contributed by atoms with Crippen molar-refractivity contribution < 1.29 is 9.18 Å². The number of anilines is 1. The van der Waals surface area contributed by atoms with Crippen LogP contribution in [0.4, 0.5) is 10.1 Å². The Hall–Kier alpha value is -4.74. The molecule has 11 rings (SSSR count). The largest absolute Gasteiger partial charge is 0.369 e. The van der Waals surface area contributed by atoms with E-state index in [1.165, 1.54) is 0 Å². The number of piperidine rings is 1. The first-order valence-electron chi connectivity index (χ1n) is 18.9. The molecule has 54 heavy (non-hydrogen) atoms. The zero-order valence-electron chi connectivity index (χ0n) is 29.7. The highest BCUT2D eigenvalue weighted by molar-refractivity contribution is 6.43. The minimum atomic E-state index is -0.481. The van der Waals surface area contributed by atoms with Gasteiger partial charge in [-0.25, -0.2) is 14.4 Å². The van der Waals surface area contributed by atoms with E-state index in [4.69, 9.17) is 28.2 Å². The highest BCUT2D eigenvalue weighted by Gasteiger charge is 2.55. The van der Waals surface area contributed by atoms with Gasteiger partial charge in [-0.3, -0.25) is 4.79 Å². The Balaban J connectivity index is 1.21.